The maximum atomic E-state index is 9.08. The molecule has 206 valence electrons. The number of rotatable bonds is 17. The molecule has 0 atom stereocenters. The fraction of sp³-hybridized carbons (Fsp3) is 0.581. The van der Waals surface area contributed by atoms with Crippen LogP contribution in [-0.4, -0.2) is 28.8 Å². The molecule has 3 rings (SSSR count). The Balaban J connectivity index is 0.00000110. The van der Waals surface area contributed by atoms with Crippen molar-refractivity contribution in [3.63, 3.8) is 0 Å². The molecule has 0 bridgehead atoms. The van der Waals surface area contributed by atoms with Crippen molar-refractivity contribution in [2.45, 2.75) is 110 Å². The second-order valence-electron chi connectivity index (χ2n) is 10.1. The standard InChI is InChI=1S/C30H44N2.CH4O3S.Na/c1-2-3-4-5-6-7-8-9-10-11-12-13-14-15-19-26-30-31-28-24-20-21-25-29(28)32(30)27-22-17-16-18-23-27;1-5(2,3)4;/h16-18,20-25H,2-15,19,26H2,1H3;1H3,(H,2,3,4);/q;;+1/p-1. The van der Waals surface area contributed by atoms with Gasteiger partial charge in [0.25, 0.3) is 0 Å². The summed E-state index contributed by atoms with van der Waals surface area (Å²) in [6.45, 7) is 2.29. The Labute approximate surface area is 253 Å². The zero-order valence-electron chi connectivity index (χ0n) is 24.0. The molecule has 0 aliphatic heterocycles. The Morgan fingerprint density at radius 3 is 1.61 bits per heavy atom. The van der Waals surface area contributed by atoms with E-state index < -0.39 is 10.1 Å². The van der Waals surface area contributed by atoms with E-state index in [4.69, 9.17) is 18.0 Å². The number of unbranched alkanes of at least 4 members (excludes halogenated alkanes) is 14. The van der Waals surface area contributed by atoms with E-state index in [1.807, 2.05) is 0 Å². The third-order valence-electron chi connectivity index (χ3n) is 6.65. The molecule has 0 unspecified atom stereocenters. The molecule has 0 saturated heterocycles. The minimum absolute atomic E-state index is 0. The summed E-state index contributed by atoms with van der Waals surface area (Å²) in [5, 5.41) is 0. The summed E-state index contributed by atoms with van der Waals surface area (Å²) in [6, 6.07) is 19.2. The van der Waals surface area contributed by atoms with E-state index in [0.29, 0.717) is 6.26 Å². The first-order valence-corrected chi connectivity index (χ1v) is 16.1. The van der Waals surface area contributed by atoms with Crippen LogP contribution in [0.25, 0.3) is 16.7 Å². The Bertz CT molecular complexity index is 1090. The summed E-state index contributed by atoms with van der Waals surface area (Å²) in [5.41, 5.74) is 3.54. The maximum Gasteiger partial charge on any atom is 1.00 e. The van der Waals surface area contributed by atoms with E-state index in [-0.39, 0.29) is 29.6 Å². The molecule has 0 N–H and O–H groups in total. The minimum atomic E-state index is -3.92. The second-order valence-corrected chi connectivity index (χ2v) is 11.5. The van der Waals surface area contributed by atoms with Gasteiger partial charge in [0.05, 0.1) is 21.2 Å². The molecule has 3 aromatic rings. The third-order valence-corrected chi connectivity index (χ3v) is 6.65. The first-order valence-electron chi connectivity index (χ1n) is 14.3. The average molecular weight is 551 g/mol. The van der Waals surface area contributed by atoms with Crippen LogP contribution >= 0.6 is 0 Å². The van der Waals surface area contributed by atoms with Crippen molar-refractivity contribution < 1.29 is 42.5 Å². The van der Waals surface area contributed by atoms with Crippen LogP contribution in [0.2, 0.25) is 0 Å². The van der Waals surface area contributed by atoms with Crippen LogP contribution in [0.1, 0.15) is 109 Å². The van der Waals surface area contributed by atoms with E-state index in [1.165, 1.54) is 113 Å². The summed E-state index contributed by atoms with van der Waals surface area (Å²) in [4.78, 5) is 4.96. The number of aromatic nitrogens is 2. The molecule has 5 nitrogen and oxygen atoms in total. The van der Waals surface area contributed by atoms with Crippen LogP contribution in [0, 0.1) is 0 Å². The summed E-state index contributed by atoms with van der Waals surface area (Å²) in [5.74, 6) is 1.20. The van der Waals surface area contributed by atoms with Crippen molar-refractivity contribution in [2.75, 3.05) is 6.26 Å². The zero-order valence-corrected chi connectivity index (χ0v) is 26.9. The molecule has 0 amide bonds. The topological polar surface area (TPSA) is 75.0 Å². The Morgan fingerprint density at radius 2 is 1.11 bits per heavy atom. The van der Waals surface area contributed by atoms with Gasteiger partial charge in [0.15, 0.2) is 0 Å². The second kappa shape index (κ2) is 20.7. The SMILES string of the molecule is CCCCCCCCCCCCCCCCCc1nc2ccccc2n1-c1ccccc1.CS(=O)(=O)[O-].[Na+]. The van der Waals surface area contributed by atoms with Crippen LogP contribution < -0.4 is 29.6 Å². The molecule has 0 spiro atoms. The largest absolute Gasteiger partial charge is 1.00 e. The number of aryl methyl sites for hydroxylation is 1. The van der Waals surface area contributed by atoms with Gasteiger partial charge >= 0.3 is 29.6 Å². The predicted octanol–water partition coefficient (Wildman–Crippen LogP) is 5.60. The number of imidazole rings is 1. The minimum Gasteiger partial charge on any atom is -0.748 e. The van der Waals surface area contributed by atoms with Crippen molar-refractivity contribution in [1.29, 1.82) is 0 Å². The first-order chi connectivity index (χ1) is 17.9. The number of nitrogens with zero attached hydrogens (tertiary/aromatic N) is 2. The Kier molecular flexibility index (Phi) is 19.0. The molecular weight excluding hydrogens is 503 g/mol. The number of benzene rings is 2. The number of para-hydroxylation sites is 3. The van der Waals surface area contributed by atoms with Crippen LogP contribution in [0.3, 0.4) is 0 Å². The third kappa shape index (κ3) is 15.4. The summed E-state index contributed by atoms with van der Waals surface area (Å²) < 4.78 is 29.6. The molecule has 0 aliphatic carbocycles. The molecule has 38 heavy (non-hydrogen) atoms. The van der Waals surface area contributed by atoms with Gasteiger partial charge in [-0.05, 0) is 30.7 Å². The van der Waals surface area contributed by atoms with Gasteiger partial charge in [-0.25, -0.2) is 13.4 Å². The van der Waals surface area contributed by atoms with E-state index >= 15 is 0 Å². The summed E-state index contributed by atoms with van der Waals surface area (Å²) >= 11 is 0. The van der Waals surface area contributed by atoms with Gasteiger partial charge in [0.1, 0.15) is 5.82 Å². The molecule has 0 saturated carbocycles. The quantitative estimate of drug-likeness (QED) is 0.124. The molecule has 2 aromatic carbocycles. The summed E-state index contributed by atoms with van der Waals surface area (Å²) in [7, 11) is -3.92. The molecular formula is C31H47N2NaO3S. The maximum absolute atomic E-state index is 9.08. The Hall–Kier alpha value is -1.18. The van der Waals surface area contributed by atoms with Crippen LogP contribution in [0.4, 0.5) is 0 Å². The molecule has 0 aliphatic rings. The number of hydrogen-bond donors (Lipinski definition) is 0. The number of hydrogen-bond acceptors (Lipinski definition) is 4. The molecule has 0 radical (unpaired) electrons. The van der Waals surface area contributed by atoms with E-state index in [9.17, 15) is 0 Å². The zero-order chi connectivity index (χ0) is 26.8. The molecule has 0 fully saturated rings. The van der Waals surface area contributed by atoms with Gasteiger partial charge in [-0.1, -0.05) is 127 Å². The van der Waals surface area contributed by atoms with Gasteiger partial charge in [0, 0.05) is 18.4 Å². The molecule has 1 aromatic heterocycles. The van der Waals surface area contributed by atoms with Gasteiger partial charge in [0.2, 0.25) is 0 Å². The van der Waals surface area contributed by atoms with Crippen molar-refractivity contribution in [1.82, 2.24) is 9.55 Å². The van der Waals surface area contributed by atoms with Crippen molar-refractivity contribution in [3.05, 3.63) is 60.4 Å². The van der Waals surface area contributed by atoms with E-state index in [1.54, 1.807) is 0 Å². The molecule has 1 heterocycles. The van der Waals surface area contributed by atoms with E-state index in [0.717, 1.165) is 11.9 Å². The van der Waals surface area contributed by atoms with Crippen LogP contribution in [-0.2, 0) is 16.5 Å². The Morgan fingerprint density at radius 1 is 0.684 bits per heavy atom. The van der Waals surface area contributed by atoms with Gasteiger partial charge in [-0.3, -0.25) is 4.57 Å². The van der Waals surface area contributed by atoms with Crippen molar-refractivity contribution in [2.24, 2.45) is 0 Å². The monoisotopic (exact) mass is 550 g/mol. The van der Waals surface area contributed by atoms with Crippen molar-refractivity contribution in [3.8, 4) is 5.69 Å². The van der Waals surface area contributed by atoms with Gasteiger partial charge in [-0.15, -0.1) is 0 Å². The normalized spacial score (nSPS) is 11.1. The predicted molar refractivity (Wildman–Crippen MR) is 155 cm³/mol. The van der Waals surface area contributed by atoms with Crippen LogP contribution in [0.5, 0.6) is 0 Å². The fourth-order valence-electron chi connectivity index (χ4n) is 4.76. The average Bonchev–Trinajstić information content (AvgIpc) is 3.24. The number of fused-ring (bicyclic) bond motifs is 1. The molecule has 7 heteroatoms. The fourth-order valence-corrected chi connectivity index (χ4v) is 4.76. The van der Waals surface area contributed by atoms with Gasteiger partial charge < -0.3 is 4.55 Å². The summed E-state index contributed by atoms with van der Waals surface area (Å²) in [6.07, 6.45) is 22.7. The van der Waals surface area contributed by atoms with Gasteiger partial charge in [-0.2, -0.15) is 0 Å². The van der Waals surface area contributed by atoms with Crippen molar-refractivity contribution >= 4 is 21.2 Å². The first kappa shape index (κ1) is 34.8. The smallest absolute Gasteiger partial charge is 0.748 e. The van der Waals surface area contributed by atoms with E-state index in [2.05, 4.69) is 66.1 Å². The van der Waals surface area contributed by atoms with Crippen LogP contribution in [0.15, 0.2) is 54.6 Å².